The van der Waals surface area contributed by atoms with Gasteiger partial charge >= 0.3 is 11.9 Å². The monoisotopic (exact) mass is 246 g/mol. The zero-order chi connectivity index (χ0) is 13.5. The molecule has 0 aliphatic rings. The minimum Gasteiger partial charge on any atom is -0.469 e. The molecule has 0 atom stereocenters. The number of esters is 2. The molecule has 0 aromatic rings. The van der Waals surface area contributed by atoms with E-state index in [0.29, 0.717) is 19.4 Å². The molecular weight excluding hydrogens is 220 g/mol. The molecule has 0 heterocycles. The molecule has 0 saturated carbocycles. The van der Waals surface area contributed by atoms with Crippen molar-refractivity contribution >= 4 is 11.9 Å². The lowest BCUT2D eigenvalue weighted by molar-refractivity contribution is -0.143. The van der Waals surface area contributed by atoms with E-state index in [2.05, 4.69) is 11.7 Å². The van der Waals surface area contributed by atoms with Crippen LogP contribution in [0.25, 0.3) is 0 Å². The zero-order valence-electron chi connectivity index (χ0n) is 11.6. The fourth-order valence-corrected chi connectivity index (χ4v) is 0.977. The Morgan fingerprint density at radius 1 is 0.882 bits per heavy atom. The van der Waals surface area contributed by atoms with Gasteiger partial charge in [-0.15, -0.1) is 0 Å². The lowest BCUT2D eigenvalue weighted by Crippen LogP contribution is -2.02. The maximum absolute atomic E-state index is 10.6. The molecule has 0 aliphatic heterocycles. The van der Waals surface area contributed by atoms with E-state index in [9.17, 15) is 9.59 Å². The second kappa shape index (κ2) is 14.9. The summed E-state index contributed by atoms with van der Waals surface area (Å²) in [4.78, 5) is 20.9. The first-order valence-corrected chi connectivity index (χ1v) is 6.34. The van der Waals surface area contributed by atoms with Gasteiger partial charge < -0.3 is 9.47 Å². The van der Waals surface area contributed by atoms with Crippen molar-refractivity contribution in [3.05, 3.63) is 0 Å². The highest BCUT2D eigenvalue weighted by atomic mass is 16.5. The topological polar surface area (TPSA) is 52.6 Å². The Hall–Kier alpha value is -1.06. The number of ether oxygens (including phenoxy) is 2. The van der Waals surface area contributed by atoms with Crippen molar-refractivity contribution in [2.24, 2.45) is 0 Å². The number of hydrogen-bond donors (Lipinski definition) is 0. The minimum atomic E-state index is -0.105. The van der Waals surface area contributed by atoms with E-state index in [1.165, 1.54) is 7.11 Å². The van der Waals surface area contributed by atoms with Gasteiger partial charge in [-0.25, -0.2) is 0 Å². The SMILES string of the molecule is CCCCC(=O)OC.CCCCC(=O)OCC. The van der Waals surface area contributed by atoms with E-state index in [-0.39, 0.29) is 11.9 Å². The van der Waals surface area contributed by atoms with Gasteiger partial charge in [-0.3, -0.25) is 9.59 Å². The molecule has 0 radical (unpaired) electrons. The predicted octanol–water partition coefficient (Wildman–Crippen LogP) is 3.09. The average Bonchev–Trinajstić information content (AvgIpc) is 2.34. The Morgan fingerprint density at radius 3 is 1.71 bits per heavy atom. The van der Waals surface area contributed by atoms with Crippen molar-refractivity contribution in [2.75, 3.05) is 13.7 Å². The largest absolute Gasteiger partial charge is 0.469 e. The van der Waals surface area contributed by atoms with Crippen LogP contribution in [0.2, 0.25) is 0 Å². The van der Waals surface area contributed by atoms with Gasteiger partial charge in [0.2, 0.25) is 0 Å². The summed E-state index contributed by atoms with van der Waals surface area (Å²) in [6.07, 6.45) is 5.12. The normalized spacial score (nSPS) is 8.94. The molecule has 0 spiro atoms. The number of unbranched alkanes of at least 4 members (excludes halogenated alkanes) is 2. The first-order valence-electron chi connectivity index (χ1n) is 6.34. The molecule has 0 aromatic heterocycles. The third-order valence-electron chi connectivity index (χ3n) is 2.00. The second-order valence-electron chi connectivity index (χ2n) is 3.59. The van der Waals surface area contributed by atoms with E-state index in [1.807, 2.05) is 13.8 Å². The minimum absolute atomic E-state index is 0.0700. The highest BCUT2D eigenvalue weighted by Gasteiger charge is 1.97. The Kier molecular flexibility index (Phi) is 16.1. The standard InChI is InChI=1S/C7H14O2.C6H12O2/c1-3-5-6-7(8)9-4-2;1-3-4-5-6(7)8-2/h3-6H2,1-2H3;3-5H2,1-2H3. The van der Waals surface area contributed by atoms with E-state index >= 15 is 0 Å². The number of carbonyl (C=O) groups is 2. The van der Waals surface area contributed by atoms with Crippen LogP contribution in [0.15, 0.2) is 0 Å². The molecule has 0 saturated heterocycles. The van der Waals surface area contributed by atoms with Crippen LogP contribution in [0.3, 0.4) is 0 Å². The summed E-state index contributed by atoms with van der Waals surface area (Å²) in [5, 5.41) is 0. The van der Waals surface area contributed by atoms with Gasteiger partial charge in [0.25, 0.3) is 0 Å². The fourth-order valence-electron chi connectivity index (χ4n) is 0.977. The van der Waals surface area contributed by atoms with Crippen molar-refractivity contribution in [3.63, 3.8) is 0 Å². The van der Waals surface area contributed by atoms with Crippen molar-refractivity contribution < 1.29 is 19.1 Å². The summed E-state index contributed by atoms with van der Waals surface area (Å²) < 4.78 is 9.12. The van der Waals surface area contributed by atoms with Crippen LogP contribution in [-0.2, 0) is 19.1 Å². The van der Waals surface area contributed by atoms with Crippen LogP contribution in [0.1, 0.15) is 59.3 Å². The first-order chi connectivity index (χ1) is 8.12. The smallest absolute Gasteiger partial charge is 0.305 e. The lowest BCUT2D eigenvalue weighted by Gasteiger charge is -1.97. The summed E-state index contributed by atoms with van der Waals surface area (Å²) >= 11 is 0. The lowest BCUT2D eigenvalue weighted by atomic mass is 10.3. The summed E-state index contributed by atoms with van der Waals surface area (Å²) in [6.45, 7) is 6.43. The molecule has 4 heteroatoms. The van der Waals surface area contributed by atoms with E-state index < -0.39 is 0 Å². The fraction of sp³-hybridized carbons (Fsp3) is 0.846. The Balaban J connectivity index is 0. The Bertz CT molecular complexity index is 190. The predicted molar refractivity (Wildman–Crippen MR) is 67.7 cm³/mol. The first kappa shape index (κ1) is 18.3. The van der Waals surface area contributed by atoms with E-state index in [0.717, 1.165) is 25.7 Å². The molecule has 4 nitrogen and oxygen atoms in total. The molecule has 0 fully saturated rings. The van der Waals surface area contributed by atoms with Gasteiger partial charge in [0.1, 0.15) is 0 Å². The zero-order valence-corrected chi connectivity index (χ0v) is 11.6. The van der Waals surface area contributed by atoms with Gasteiger partial charge in [0.15, 0.2) is 0 Å². The molecule has 0 aliphatic carbocycles. The molecule has 0 rings (SSSR count). The average molecular weight is 246 g/mol. The highest BCUT2D eigenvalue weighted by Crippen LogP contribution is 1.95. The van der Waals surface area contributed by atoms with Crippen LogP contribution in [0, 0.1) is 0 Å². The molecule has 0 N–H and O–H groups in total. The molecule has 102 valence electrons. The number of carbonyl (C=O) groups excluding carboxylic acids is 2. The van der Waals surface area contributed by atoms with Crippen molar-refractivity contribution in [1.82, 2.24) is 0 Å². The van der Waals surface area contributed by atoms with Crippen LogP contribution in [-0.4, -0.2) is 25.7 Å². The molecule has 0 aromatic carbocycles. The van der Waals surface area contributed by atoms with E-state index in [4.69, 9.17) is 4.74 Å². The van der Waals surface area contributed by atoms with Gasteiger partial charge in [0, 0.05) is 12.8 Å². The quantitative estimate of drug-likeness (QED) is 0.648. The highest BCUT2D eigenvalue weighted by molar-refractivity contribution is 5.69. The third kappa shape index (κ3) is 17.5. The van der Waals surface area contributed by atoms with Crippen molar-refractivity contribution in [3.8, 4) is 0 Å². The van der Waals surface area contributed by atoms with Crippen molar-refractivity contribution in [2.45, 2.75) is 59.3 Å². The molecular formula is C13H26O4. The molecule has 0 bridgehead atoms. The van der Waals surface area contributed by atoms with Crippen LogP contribution >= 0.6 is 0 Å². The van der Waals surface area contributed by atoms with Crippen LogP contribution in [0.4, 0.5) is 0 Å². The second-order valence-corrected chi connectivity index (χ2v) is 3.59. The van der Waals surface area contributed by atoms with Gasteiger partial charge in [-0.1, -0.05) is 26.7 Å². The van der Waals surface area contributed by atoms with Gasteiger partial charge in [-0.05, 0) is 19.8 Å². The maximum atomic E-state index is 10.6. The summed E-state index contributed by atoms with van der Waals surface area (Å²) in [5.41, 5.74) is 0. The Labute approximate surface area is 105 Å². The maximum Gasteiger partial charge on any atom is 0.305 e. The summed E-state index contributed by atoms with van der Waals surface area (Å²) in [5.74, 6) is -0.175. The number of hydrogen-bond acceptors (Lipinski definition) is 4. The number of methoxy groups -OCH3 is 1. The van der Waals surface area contributed by atoms with Crippen LogP contribution < -0.4 is 0 Å². The molecule has 0 unspecified atom stereocenters. The molecule has 0 amide bonds. The third-order valence-corrected chi connectivity index (χ3v) is 2.00. The molecule has 17 heavy (non-hydrogen) atoms. The van der Waals surface area contributed by atoms with Gasteiger partial charge in [0.05, 0.1) is 13.7 Å². The van der Waals surface area contributed by atoms with E-state index in [1.54, 1.807) is 0 Å². The number of rotatable bonds is 7. The summed E-state index contributed by atoms with van der Waals surface area (Å²) in [7, 11) is 1.41. The Morgan fingerprint density at radius 2 is 1.35 bits per heavy atom. The summed E-state index contributed by atoms with van der Waals surface area (Å²) in [6, 6.07) is 0. The van der Waals surface area contributed by atoms with Crippen molar-refractivity contribution in [1.29, 1.82) is 0 Å². The van der Waals surface area contributed by atoms with Crippen LogP contribution in [0.5, 0.6) is 0 Å². The van der Waals surface area contributed by atoms with Gasteiger partial charge in [-0.2, -0.15) is 0 Å².